The van der Waals surface area contributed by atoms with Gasteiger partial charge < -0.3 is 4.74 Å². The fourth-order valence-corrected chi connectivity index (χ4v) is 3.02. The minimum atomic E-state index is -0.166. The van der Waals surface area contributed by atoms with Gasteiger partial charge in [0.15, 0.2) is 0 Å². The molecule has 2 unspecified atom stereocenters. The second-order valence-electron chi connectivity index (χ2n) is 4.62. The Morgan fingerprint density at radius 1 is 1.35 bits per heavy atom. The molecule has 0 bridgehead atoms. The van der Waals surface area contributed by atoms with E-state index in [0.717, 1.165) is 24.8 Å². The van der Waals surface area contributed by atoms with Crippen molar-refractivity contribution in [2.45, 2.75) is 37.7 Å². The van der Waals surface area contributed by atoms with Crippen LogP contribution in [0.25, 0.3) is 0 Å². The smallest absolute Gasteiger partial charge is 0.123 e. The van der Waals surface area contributed by atoms with Crippen LogP contribution < -0.4 is 0 Å². The van der Waals surface area contributed by atoms with Gasteiger partial charge in [-0.15, -0.1) is 0 Å². The van der Waals surface area contributed by atoms with Crippen molar-refractivity contribution in [2.24, 2.45) is 0 Å². The maximum atomic E-state index is 12.9. The standard InChI is InChI=1S/C14H18BrFO/c15-10-12(5-8-14-2-1-9-17-14)11-3-6-13(16)7-4-11/h3-4,6-7,12,14H,1-2,5,8-10H2. The first-order valence-corrected chi connectivity index (χ1v) is 7.35. The zero-order valence-corrected chi connectivity index (χ0v) is 11.5. The minimum absolute atomic E-state index is 0.166. The maximum absolute atomic E-state index is 12.9. The fourth-order valence-electron chi connectivity index (χ4n) is 2.33. The van der Waals surface area contributed by atoms with E-state index in [1.807, 2.05) is 12.1 Å². The lowest BCUT2D eigenvalue weighted by molar-refractivity contribution is 0.101. The number of rotatable bonds is 5. The Balaban J connectivity index is 1.89. The third-order valence-electron chi connectivity index (χ3n) is 3.39. The van der Waals surface area contributed by atoms with Crippen molar-refractivity contribution in [3.63, 3.8) is 0 Å². The Bertz CT molecular complexity index is 333. The third kappa shape index (κ3) is 3.78. The predicted octanol–water partition coefficient (Wildman–Crippen LogP) is 4.26. The van der Waals surface area contributed by atoms with Crippen LogP contribution in [-0.4, -0.2) is 18.0 Å². The molecule has 1 fully saturated rings. The number of halogens is 2. The summed E-state index contributed by atoms with van der Waals surface area (Å²) in [6.45, 7) is 0.917. The van der Waals surface area contributed by atoms with E-state index in [2.05, 4.69) is 15.9 Å². The lowest BCUT2D eigenvalue weighted by Crippen LogP contribution is -2.09. The van der Waals surface area contributed by atoms with Crippen LogP contribution in [0.3, 0.4) is 0 Å². The average Bonchev–Trinajstić information content (AvgIpc) is 2.85. The maximum Gasteiger partial charge on any atom is 0.123 e. The molecular weight excluding hydrogens is 283 g/mol. The zero-order valence-electron chi connectivity index (χ0n) is 9.87. The van der Waals surface area contributed by atoms with Gasteiger partial charge in [0.2, 0.25) is 0 Å². The second kappa shape index (κ2) is 6.50. The van der Waals surface area contributed by atoms with Crippen molar-refractivity contribution in [3.05, 3.63) is 35.6 Å². The highest BCUT2D eigenvalue weighted by atomic mass is 79.9. The topological polar surface area (TPSA) is 9.23 Å². The van der Waals surface area contributed by atoms with E-state index in [-0.39, 0.29) is 5.82 Å². The summed E-state index contributed by atoms with van der Waals surface area (Å²) in [6.07, 6.45) is 5.03. The Hall–Kier alpha value is -0.410. The van der Waals surface area contributed by atoms with Crippen LogP contribution in [-0.2, 0) is 4.74 Å². The third-order valence-corrected chi connectivity index (χ3v) is 4.17. The van der Waals surface area contributed by atoms with Gasteiger partial charge in [-0.25, -0.2) is 4.39 Å². The van der Waals surface area contributed by atoms with Gasteiger partial charge in [0.25, 0.3) is 0 Å². The van der Waals surface area contributed by atoms with Crippen molar-refractivity contribution in [1.82, 2.24) is 0 Å². The second-order valence-corrected chi connectivity index (χ2v) is 5.26. The van der Waals surface area contributed by atoms with E-state index in [1.165, 1.54) is 30.5 Å². The van der Waals surface area contributed by atoms with Crippen molar-refractivity contribution in [2.75, 3.05) is 11.9 Å². The molecule has 1 aromatic rings. The Kier molecular flexibility index (Phi) is 4.99. The SMILES string of the molecule is Fc1ccc(C(CBr)CCC2CCCO2)cc1. The van der Waals surface area contributed by atoms with Crippen LogP contribution in [0.1, 0.15) is 37.2 Å². The van der Waals surface area contributed by atoms with Gasteiger partial charge in [0.05, 0.1) is 6.10 Å². The fraction of sp³-hybridized carbons (Fsp3) is 0.571. The van der Waals surface area contributed by atoms with E-state index in [0.29, 0.717) is 12.0 Å². The number of hydrogen-bond donors (Lipinski definition) is 0. The van der Waals surface area contributed by atoms with Crippen LogP contribution in [0, 0.1) is 5.82 Å². The number of alkyl halides is 1. The largest absolute Gasteiger partial charge is 0.378 e. The van der Waals surface area contributed by atoms with Gasteiger partial charge in [-0.2, -0.15) is 0 Å². The van der Waals surface area contributed by atoms with Gasteiger partial charge in [0.1, 0.15) is 5.82 Å². The molecule has 1 aromatic carbocycles. The summed E-state index contributed by atoms with van der Waals surface area (Å²) in [7, 11) is 0. The molecule has 17 heavy (non-hydrogen) atoms. The molecular formula is C14H18BrFO. The zero-order chi connectivity index (χ0) is 12.1. The predicted molar refractivity (Wildman–Crippen MR) is 71.1 cm³/mol. The molecule has 1 saturated heterocycles. The summed E-state index contributed by atoms with van der Waals surface area (Å²) in [5.41, 5.74) is 1.21. The normalized spacial score (nSPS) is 21.6. The molecule has 0 aliphatic carbocycles. The molecule has 0 amide bonds. The summed E-state index contributed by atoms with van der Waals surface area (Å²) < 4.78 is 18.5. The van der Waals surface area contributed by atoms with E-state index in [9.17, 15) is 4.39 Å². The number of ether oxygens (including phenoxy) is 1. The Morgan fingerprint density at radius 3 is 2.71 bits per heavy atom. The van der Waals surface area contributed by atoms with Crippen LogP contribution in [0.2, 0.25) is 0 Å². The highest BCUT2D eigenvalue weighted by Crippen LogP contribution is 2.27. The molecule has 2 atom stereocenters. The van der Waals surface area contributed by atoms with Gasteiger partial charge in [-0.1, -0.05) is 28.1 Å². The first-order chi connectivity index (χ1) is 8.29. The Labute approximate surface area is 110 Å². The van der Waals surface area contributed by atoms with E-state index in [4.69, 9.17) is 4.74 Å². The molecule has 2 rings (SSSR count). The lowest BCUT2D eigenvalue weighted by Gasteiger charge is -2.17. The van der Waals surface area contributed by atoms with E-state index >= 15 is 0 Å². The minimum Gasteiger partial charge on any atom is -0.378 e. The molecule has 1 aliphatic rings. The first-order valence-electron chi connectivity index (χ1n) is 6.22. The van der Waals surface area contributed by atoms with Crippen molar-refractivity contribution >= 4 is 15.9 Å². The molecule has 1 aliphatic heterocycles. The number of benzene rings is 1. The van der Waals surface area contributed by atoms with Crippen molar-refractivity contribution in [3.8, 4) is 0 Å². The van der Waals surface area contributed by atoms with Gasteiger partial charge in [-0.05, 0) is 49.3 Å². The van der Waals surface area contributed by atoms with Gasteiger partial charge in [-0.3, -0.25) is 0 Å². The highest BCUT2D eigenvalue weighted by molar-refractivity contribution is 9.09. The summed E-state index contributed by atoms with van der Waals surface area (Å²) >= 11 is 3.55. The molecule has 1 heterocycles. The summed E-state index contributed by atoms with van der Waals surface area (Å²) in [6, 6.07) is 6.85. The summed E-state index contributed by atoms with van der Waals surface area (Å²) in [5, 5.41) is 0.922. The quantitative estimate of drug-likeness (QED) is 0.738. The molecule has 3 heteroatoms. The van der Waals surface area contributed by atoms with Crippen LogP contribution in [0.5, 0.6) is 0 Å². The molecule has 0 aromatic heterocycles. The molecule has 0 saturated carbocycles. The van der Waals surface area contributed by atoms with Crippen LogP contribution in [0.4, 0.5) is 4.39 Å². The van der Waals surface area contributed by atoms with E-state index in [1.54, 1.807) is 0 Å². The number of hydrogen-bond acceptors (Lipinski definition) is 1. The van der Waals surface area contributed by atoms with Crippen LogP contribution in [0.15, 0.2) is 24.3 Å². The molecule has 94 valence electrons. The molecule has 0 spiro atoms. The monoisotopic (exact) mass is 300 g/mol. The van der Waals surface area contributed by atoms with Crippen molar-refractivity contribution in [1.29, 1.82) is 0 Å². The highest BCUT2D eigenvalue weighted by Gasteiger charge is 2.18. The first kappa shape index (κ1) is 13.0. The van der Waals surface area contributed by atoms with E-state index < -0.39 is 0 Å². The van der Waals surface area contributed by atoms with Crippen molar-refractivity contribution < 1.29 is 9.13 Å². The average molecular weight is 301 g/mol. The van der Waals surface area contributed by atoms with Crippen LogP contribution >= 0.6 is 15.9 Å². The summed E-state index contributed by atoms with van der Waals surface area (Å²) in [5.74, 6) is 0.293. The molecule has 0 N–H and O–H groups in total. The van der Waals surface area contributed by atoms with Gasteiger partial charge in [0, 0.05) is 11.9 Å². The lowest BCUT2D eigenvalue weighted by atomic mass is 9.94. The summed E-state index contributed by atoms with van der Waals surface area (Å²) in [4.78, 5) is 0. The Morgan fingerprint density at radius 2 is 2.12 bits per heavy atom. The molecule has 0 radical (unpaired) electrons. The molecule has 1 nitrogen and oxygen atoms in total. The van der Waals surface area contributed by atoms with Gasteiger partial charge >= 0.3 is 0 Å².